The molecule has 1 aliphatic rings. The van der Waals surface area contributed by atoms with Crippen LogP contribution in [0.5, 0.6) is 0 Å². The summed E-state index contributed by atoms with van der Waals surface area (Å²) in [6.07, 6.45) is 0.409. The molecular formula is C9H9ClN2O2. The van der Waals surface area contributed by atoms with Crippen LogP contribution in [0.4, 0.5) is 5.69 Å². The fourth-order valence-corrected chi connectivity index (χ4v) is 1.72. The highest BCUT2D eigenvalue weighted by molar-refractivity contribution is 6.30. The minimum Gasteiger partial charge on any atom is -0.320 e. The standard InChI is InChI=1S/C9H9ClN2O2/c10-6-1-2-8-5(3-6)4-7(11)9(13)12(8)14/h1-3,7,14H,4,11H2/t7-/m1/s1. The Morgan fingerprint density at radius 3 is 3.00 bits per heavy atom. The van der Waals surface area contributed by atoms with Gasteiger partial charge < -0.3 is 5.73 Å². The second-order valence-electron chi connectivity index (χ2n) is 3.23. The number of hydrogen-bond acceptors (Lipinski definition) is 3. The maximum absolute atomic E-state index is 11.3. The highest BCUT2D eigenvalue weighted by atomic mass is 35.5. The minimum absolute atomic E-state index is 0.409. The molecular weight excluding hydrogens is 204 g/mol. The van der Waals surface area contributed by atoms with Crippen LogP contribution in [0.25, 0.3) is 0 Å². The molecule has 1 heterocycles. The molecule has 4 nitrogen and oxygen atoms in total. The average Bonchev–Trinajstić information content (AvgIpc) is 2.14. The van der Waals surface area contributed by atoms with Gasteiger partial charge in [0, 0.05) is 5.02 Å². The molecule has 14 heavy (non-hydrogen) atoms. The monoisotopic (exact) mass is 212 g/mol. The lowest BCUT2D eigenvalue weighted by molar-refractivity contribution is -0.125. The van der Waals surface area contributed by atoms with Crippen molar-refractivity contribution in [3.05, 3.63) is 28.8 Å². The summed E-state index contributed by atoms with van der Waals surface area (Å²) in [7, 11) is 0. The Morgan fingerprint density at radius 2 is 2.29 bits per heavy atom. The summed E-state index contributed by atoms with van der Waals surface area (Å²) in [5.41, 5.74) is 6.78. The molecule has 0 aliphatic carbocycles. The van der Waals surface area contributed by atoms with Crippen molar-refractivity contribution in [3.63, 3.8) is 0 Å². The molecule has 0 aromatic heterocycles. The van der Waals surface area contributed by atoms with E-state index < -0.39 is 11.9 Å². The molecule has 5 heteroatoms. The lowest BCUT2D eigenvalue weighted by atomic mass is 9.99. The number of anilines is 1. The summed E-state index contributed by atoms with van der Waals surface area (Å²) >= 11 is 5.78. The van der Waals surface area contributed by atoms with Crippen LogP contribution < -0.4 is 10.8 Å². The van der Waals surface area contributed by atoms with E-state index in [1.54, 1.807) is 18.2 Å². The number of nitrogens with two attached hydrogens (primary N) is 1. The second-order valence-corrected chi connectivity index (χ2v) is 3.67. The fraction of sp³-hybridized carbons (Fsp3) is 0.222. The van der Waals surface area contributed by atoms with Crippen molar-refractivity contribution in [3.8, 4) is 0 Å². The van der Waals surface area contributed by atoms with Crippen molar-refractivity contribution in [2.24, 2.45) is 5.73 Å². The molecule has 1 atom stereocenters. The minimum atomic E-state index is -0.689. The summed E-state index contributed by atoms with van der Waals surface area (Å²) in [5.74, 6) is -0.486. The van der Waals surface area contributed by atoms with Crippen molar-refractivity contribution in [2.75, 3.05) is 5.06 Å². The van der Waals surface area contributed by atoms with Gasteiger partial charge in [-0.1, -0.05) is 11.6 Å². The lowest BCUT2D eigenvalue weighted by Crippen LogP contribution is -2.47. The molecule has 1 aromatic rings. The topological polar surface area (TPSA) is 66.6 Å². The molecule has 74 valence electrons. The van der Waals surface area contributed by atoms with Crippen LogP contribution in [0.1, 0.15) is 5.56 Å². The number of fused-ring (bicyclic) bond motifs is 1. The number of amides is 1. The number of carbonyl (C=O) groups is 1. The molecule has 0 bridgehead atoms. The first-order valence-corrected chi connectivity index (χ1v) is 4.54. The highest BCUT2D eigenvalue weighted by Crippen LogP contribution is 2.28. The van der Waals surface area contributed by atoms with E-state index in [4.69, 9.17) is 17.3 Å². The SMILES string of the molecule is N[C@@H]1Cc2cc(Cl)ccc2N(O)C1=O. The predicted octanol–water partition coefficient (Wildman–Crippen LogP) is 0.946. The first-order chi connectivity index (χ1) is 6.59. The van der Waals surface area contributed by atoms with E-state index in [0.29, 0.717) is 22.2 Å². The van der Waals surface area contributed by atoms with Gasteiger partial charge in [0.15, 0.2) is 0 Å². The first-order valence-electron chi connectivity index (χ1n) is 4.16. The van der Waals surface area contributed by atoms with Crippen LogP contribution in [0.2, 0.25) is 5.02 Å². The molecule has 0 saturated heterocycles. The van der Waals surface area contributed by atoms with E-state index >= 15 is 0 Å². The van der Waals surface area contributed by atoms with Crippen LogP contribution in [0.3, 0.4) is 0 Å². The largest absolute Gasteiger partial charge is 0.320 e. The van der Waals surface area contributed by atoms with E-state index in [9.17, 15) is 10.0 Å². The third-order valence-electron chi connectivity index (χ3n) is 2.24. The summed E-state index contributed by atoms with van der Waals surface area (Å²) in [5, 5.41) is 10.6. The Labute approximate surface area is 85.8 Å². The Morgan fingerprint density at radius 1 is 1.57 bits per heavy atom. The van der Waals surface area contributed by atoms with E-state index in [2.05, 4.69) is 0 Å². The molecule has 1 aromatic carbocycles. The van der Waals surface area contributed by atoms with Crippen molar-refractivity contribution in [1.82, 2.24) is 0 Å². The number of nitrogens with zero attached hydrogens (tertiary/aromatic N) is 1. The van der Waals surface area contributed by atoms with Crippen LogP contribution in [0.15, 0.2) is 18.2 Å². The van der Waals surface area contributed by atoms with Crippen molar-refractivity contribution in [1.29, 1.82) is 0 Å². The van der Waals surface area contributed by atoms with Crippen LogP contribution in [-0.4, -0.2) is 17.2 Å². The second kappa shape index (κ2) is 3.24. The third-order valence-corrected chi connectivity index (χ3v) is 2.47. The van der Waals surface area contributed by atoms with E-state index in [1.165, 1.54) is 0 Å². The molecule has 3 N–H and O–H groups in total. The van der Waals surface area contributed by atoms with E-state index in [-0.39, 0.29) is 0 Å². The van der Waals surface area contributed by atoms with Crippen LogP contribution >= 0.6 is 11.6 Å². The number of hydrogen-bond donors (Lipinski definition) is 2. The molecule has 1 amide bonds. The number of hydroxylamine groups is 1. The van der Waals surface area contributed by atoms with Gasteiger partial charge in [0.2, 0.25) is 0 Å². The Hall–Kier alpha value is -1.10. The molecule has 2 rings (SSSR count). The van der Waals surface area contributed by atoms with Gasteiger partial charge in [-0.05, 0) is 30.2 Å². The van der Waals surface area contributed by atoms with Crippen molar-refractivity contribution >= 4 is 23.2 Å². The third kappa shape index (κ3) is 1.37. The Kier molecular flexibility index (Phi) is 2.19. The molecule has 1 aliphatic heterocycles. The number of benzene rings is 1. The number of rotatable bonds is 0. The first kappa shape index (κ1) is 9.45. The molecule has 0 saturated carbocycles. The lowest BCUT2D eigenvalue weighted by Gasteiger charge is -2.27. The van der Waals surface area contributed by atoms with Gasteiger partial charge in [0.25, 0.3) is 5.91 Å². The quantitative estimate of drug-likeness (QED) is 0.630. The normalized spacial score (nSPS) is 20.9. The summed E-state index contributed by atoms with van der Waals surface area (Å²) in [6.45, 7) is 0. The van der Waals surface area contributed by atoms with Gasteiger partial charge in [-0.15, -0.1) is 0 Å². The zero-order valence-electron chi connectivity index (χ0n) is 7.27. The smallest absolute Gasteiger partial charge is 0.267 e. The average molecular weight is 213 g/mol. The number of carbonyl (C=O) groups excluding carboxylic acids is 1. The predicted molar refractivity (Wildman–Crippen MR) is 52.4 cm³/mol. The fourth-order valence-electron chi connectivity index (χ4n) is 1.52. The molecule has 0 unspecified atom stereocenters. The van der Waals surface area contributed by atoms with Gasteiger partial charge in [-0.2, -0.15) is 5.06 Å². The molecule has 0 spiro atoms. The Bertz CT molecular complexity index is 394. The van der Waals surface area contributed by atoms with Gasteiger partial charge in [-0.25, -0.2) is 0 Å². The van der Waals surface area contributed by atoms with Crippen LogP contribution in [0, 0.1) is 0 Å². The van der Waals surface area contributed by atoms with Gasteiger partial charge >= 0.3 is 0 Å². The van der Waals surface area contributed by atoms with Gasteiger partial charge in [0.1, 0.15) is 0 Å². The van der Waals surface area contributed by atoms with E-state index in [0.717, 1.165) is 5.56 Å². The zero-order chi connectivity index (χ0) is 10.3. The molecule has 0 fully saturated rings. The highest BCUT2D eigenvalue weighted by Gasteiger charge is 2.29. The summed E-state index contributed by atoms with van der Waals surface area (Å²) in [4.78, 5) is 11.3. The maximum atomic E-state index is 11.3. The summed E-state index contributed by atoms with van der Waals surface area (Å²) in [6, 6.07) is 4.23. The van der Waals surface area contributed by atoms with E-state index in [1.807, 2.05) is 0 Å². The van der Waals surface area contributed by atoms with Crippen molar-refractivity contribution < 1.29 is 10.0 Å². The maximum Gasteiger partial charge on any atom is 0.267 e. The zero-order valence-corrected chi connectivity index (χ0v) is 8.03. The summed E-state index contributed by atoms with van der Waals surface area (Å²) < 4.78 is 0. The number of halogens is 1. The van der Waals surface area contributed by atoms with Gasteiger partial charge in [-0.3, -0.25) is 10.0 Å². The van der Waals surface area contributed by atoms with Crippen LogP contribution in [-0.2, 0) is 11.2 Å². The molecule has 0 radical (unpaired) electrons. The van der Waals surface area contributed by atoms with Crippen molar-refractivity contribution in [2.45, 2.75) is 12.5 Å². The van der Waals surface area contributed by atoms with Gasteiger partial charge in [0.05, 0.1) is 11.7 Å². The Balaban J connectivity index is 2.50.